The molecule has 0 atom stereocenters. The Kier molecular flexibility index (Phi) is 5.54. The highest BCUT2D eigenvalue weighted by Crippen LogP contribution is 2.33. The van der Waals surface area contributed by atoms with Gasteiger partial charge in [-0.15, -0.1) is 11.3 Å². The molecule has 0 radical (unpaired) electrons. The monoisotopic (exact) mass is 382 g/mol. The minimum atomic E-state index is -2.67. The third-order valence-corrected chi connectivity index (χ3v) is 5.54. The van der Waals surface area contributed by atoms with E-state index in [-0.39, 0.29) is 11.7 Å². The summed E-state index contributed by atoms with van der Waals surface area (Å²) in [5.74, 6) is 0.0252. The molecule has 3 heterocycles. The van der Waals surface area contributed by atoms with Gasteiger partial charge < -0.3 is 5.32 Å². The fourth-order valence-electron chi connectivity index (χ4n) is 2.36. The Morgan fingerprint density at radius 2 is 2.28 bits per heavy atom. The molecule has 1 N–H and O–H groups in total. The number of rotatable bonds is 7. The number of nitrogens with one attached hydrogen (secondary N) is 1. The second kappa shape index (κ2) is 7.83. The molecule has 3 aromatic rings. The van der Waals surface area contributed by atoms with Crippen LogP contribution in [-0.4, -0.2) is 20.4 Å². The van der Waals surface area contributed by atoms with Gasteiger partial charge in [-0.1, -0.05) is 17.4 Å². The van der Waals surface area contributed by atoms with E-state index in [9.17, 15) is 13.6 Å². The number of carbonyl (C=O) groups is 1. The number of anilines is 1. The second-order valence-electron chi connectivity index (χ2n) is 5.35. The SMILES string of the molecule is Cc1nc(NC(=O)CCCc2cccs2)sc1-c1nccn1C(F)F. The highest BCUT2D eigenvalue weighted by Gasteiger charge is 2.19. The summed E-state index contributed by atoms with van der Waals surface area (Å²) in [4.78, 5) is 22.1. The van der Waals surface area contributed by atoms with Gasteiger partial charge in [0.25, 0.3) is 0 Å². The summed E-state index contributed by atoms with van der Waals surface area (Å²) < 4.78 is 26.8. The van der Waals surface area contributed by atoms with Gasteiger partial charge in [-0.25, -0.2) is 9.97 Å². The lowest BCUT2D eigenvalue weighted by Crippen LogP contribution is -2.11. The van der Waals surface area contributed by atoms with Crippen LogP contribution in [0.3, 0.4) is 0 Å². The molecular formula is C16H16F2N4OS2. The summed E-state index contributed by atoms with van der Waals surface area (Å²) in [5.41, 5.74) is 0.562. The number of carbonyl (C=O) groups excluding carboxylic acids is 1. The van der Waals surface area contributed by atoms with E-state index in [0.717, 1.165) is 28.7 Å². The van der Waals surface area contributed by atoms with Crippen LogP contribution in [0.1, 0.15) is 30.0 Å². The Balaban J connectivity index is 1.62. The first-order valence-corrected chi connectivity index (χ1v) is 9.35. The van der Waals surface area contributed by atoms with Crippen molar-refractivity contribution < 1.29 is 13.6 Å². The molecule has 0 fully saturated rings. The summed E-state index contributed by atoms with van der Waals surface area (Å²) in [6, 6.07) is 4.04. The van der Waals surface area contributed by atoms with Crippen LogP contribution in [0.25, 0.3) is 10.7 Å². The van der Waals surface area contributed by atoms with Crippen molar-refractivity contribution in [2.24, 2.45) is 0 Å². The second-order valence-corrected chi connectivity index (χ2v) is 7.38. The minimum absolute atomic E-state index is 0.131. The van der Waals surface area contributed by atoms with E-state index in [4.69, 9.17) is 0 Å². The zero-order valence-corrected chi connectivity index (χ0v) is 15.0. The van der Waals surface area contributed by atoms with Crippen LogP contribution >= 0.6 is 22.7 Å². The minimum Gasteiger partial charge on any atom is -0.302 e. The van der Waals surface area contributed by atoms with Gasteiger partial charge in [0.2, 0.25) is 5.91 Å². The van der Waals surface area contributed by atoms with Crippen molar-refractivity contribution in [2.75, 3.05) is 5.32 Å². The van der Waals surface area contributed by atoms with Crippen molar-refractivity contribution in [2.45, 2.75) is 32.7 Å². The maximum absolute atomic E-state index is 13.0. The molecule has 0 aliphatic rings. The predicted molar refractivity (Wildman–Crippen MR) is 95.2 cm³/mol. The van der Waals surface area contributed by atoms with Crippen molar-refractivity contribution in [3.8, 4) is 10.7 Å². The molecule has 132 valence electrons. The standard InChI is InChI=1S/C16H16F2N4OS2/c1-10-13(14-19-7-8-22(14)15(17)18)25-16(20-10)21-12(23)6-2-4-11-5-3-9-24-11/h3,5,7-9,15H,2,4,6H2,1H3,(H,20,21,23). The zero-order valence-electron chi connectivity index (χ0n) is 13.4. The van der Waals surface area contributed by atoms with Crippen molar-refractivity contribution in [3.63, 3.8) is 0 Å². The molecule has 0 saturated heterocycles. The number of alkyl halides is 2. The first-order valence-electron chi connectivity index (χ1n) is 7.65. The number of hydrogen-bond donors (Lipinski definition) is 1. The Morgan fingerprint density at radius 3 is 3.00 bits per heavy atom. The van der Waals surface area contributed by atoms with Crippen LogP contribution in [0.4, 0.5) is 13.9 Å². The van der Waals surface area contributed by atoms with Gasteiger partial charge >= 0.3 is 6.55 Å². The van der Waals surface area contributed by atoms with Crippen LogP contribution < -0.4 is 5.32 Å². The number of nitrogens with zero attached hydrogens (tertiary/aromatic N) is 3. The smallest absolute Gasteiger partial charge is 0.302 e. The predicted octanol–water partition coefficient (Wildman–Crippen LogP) is 4.73. The Labute approximate surface area is 151 Å². The van der Waals surface area contributed by atoms with Gasteiger partial charge in [0.15, 0.2) is 11.0 Å². The molecule has 9 heteroatoms. The first kappa shape index (κ1) is 17.7. The largest absolute Gasteiger partial charge is 0.320 e. The average Bonchev–Trinajstić information content (AvgIpc) is 3.27. The Bertz CT molecular complexity index is 842. The molecule has 0 unspecified atom stereocenters. The number of thiazole rings is 1. The summed E-state index contributed by atoms with van der Waals surface area (Å²) in [5, 5.41) is 5.15. The number of imidazole rings is 1. The molecule has 3 aromatic heterocycles. The van der Waals surface area contributed by atoms with Crippen LogP contribution in [0.15, 0.2) is 29.9 Å². The van der Waals surface area contributed by atoms with Crippen molar-refractivity contribution in [1.82, 2.24) is 14.5 Å². The summed E-state index contributed by atoms with van der Waals surface area (Å²) in [6.07, 6.45) is 4.54. The van der Waals surface area contributed by atoms with Gasteiger partial charge in [-0.2, -0.15) is 8.78 Å². The highest BCUT2D eigenvalue weighted by molar-refractivity contribution is 7.19. The van der Waals surface area contributed by atoms with Gasteiger partial charge in [0.1, 0.15) is 0 Å². The maximum atomic E-state index is 13.0. The molecule has 3 rings (SSSR count). The van der Waals surface area contributed by atoms with Gasteiger partial charge in [0, 0.05) is 23.7 Å². The molecule has 25 heavy (non-hydrogen) atoms. The molecule has 0 bridgehead atoms. The number of aromatic nitrogens is 3. The van der Waals surface area contributed by atoms with Crippen LogP contribution in [0, 0.1) is 6.92 Å². The van der Waals surface area contributed by atoms with E-state index in [2.05, 4.69) is 15.3 Å². The maximum Gasteiger partial charge on any atom is 0.320 e. The quantitative estimate of drug-likeness (QED) is 0.642. The molecule has 0 aliphatic carbocycles. The van der Waals surface area contributed by atoms with E-state index in [1.807, 2.05) is 17.5 Å². The van der Waals surface area contributed by atoms with Crippen LogP contribution in [0.2, 0.25) is 0 Å². The van der Waals surface area contributed by atoms with Gasteiger partial charge in [-0.05, 0) is 31.2 Å². The summed E-state index contributed by atoms with van der Waals surface area (Å²) in [7, 11) is 0. The molecule has 0 aliphatic heterocycles. The lowest BCUT2D eigenvalue weighted by atomic mass is 10.2. The molecule has 5 nitrogen and oxygen atoms in total. The Hall–Kier alpha value is -2.13. The van der Waals surface area contributed by atoms with Gasteiger partial charge in [0.05, 0.1) is 10.6 Å². The molecule has 0 spiro atoms. The topological polar surface area (TPSA) is 59.8 Å². The molecule has 0 aromatic carbocycles. The van der Waals surface area contributed by atoms with E-state index in [1.54, 1.807) is 18.3 Å². The Morgan fingerprint density at radius 1 is 1.44 bits per heavy atom. The van der Waals surface area contributed by atoms with E-state index in [0.29, 0.717) is 22.1 Å². The van der Waals surface area contributed by atoms with Crippen LogP contribution in [0.5, 0.6) is 0 Å². The van der Waals surface area contributed by atoms with Crippen molar-refractivity contribution in [1.29, 1.82) is 0 Å². The number of hydrogen-bond acceptors (Lipinski definition) is 5. The number of amides is 1. The van der Waals surface area contributed by atoms with E-state index >= 15 is 0 Å². The van der Waals surface area contributed by atoms with Crippen molar-refractivity contribution >= 4 is 33.7 Å². The summed E-state index contributed by atoms with van der Waals surface area (Å²) in [6.45, 7) is -0.961. The van der Waals surface area contributed by atoms with Gasteiger partial charge in [-0.3, -0.25) is 9.36 Å². The molecule has 0 saturated carbocycles. The van der Waals surface area contributed by atoms with Crippen molar-refractivity contribution in [3.05, 3.63) is 40.5 Å². The zero-order chi connectivity index (χ0) is 17.8. The number of aryl methyl sites for hydroxylation is 2. The molecule has 1 amide bonds. The number of halogens is 2. The molecular weight excluding hydrogens is 366 g/mol. The highest BCUT2D eigenvalue weighted by atomic mass is 32.1. The number of thiophene rings is 1. The fourth-order valence-corrected chi connectivity index (χ4v) is 4.10. The normalized spacial score (nSPS) is 11.2. The van der Waals surface area contributed by atoms with Crippen LogP contribution in [-0.2, 0) is 11.2 Å². The van der Waals surface area contributed by atoms with E-state index in [1.165, 1.54) is 17.3 Å². The van der Waals surface area contributed by atoms with E-state index < -0.39 is 6.55 Å². The average molecular weight is 382 g/mol. The third-order valence-electron chi connectivity index (χ3n) is 3.53. The first-order chi connectivity index (χ1) is 12.0. The lowest BCUT2D eigenvalue weighted by Gasteiger charge is -2.04. The lowest BCUT2D eigenvalue weighted by molar-refractivity contribution is -0.116. The third kappa shape index (κ3) is 4.29. The summed E-state index contributed by atoms with van der Waals surface area (Å²) >= 11 is 2.82. The fraction of sp³-hybridized carbons (Fsp3) is 0.312.